The molecule has 0 fully saturated rings. The second kappa shape index (κ2) is 8.33. The lowest BCUT2D eigenvalue weighted by molar-refractivity contribution is 0.0966. The first-order valence-electron chi connectivity index (χ1n) is 9.11. The molecule has 0 saturated carbocycles. The van der Waals surface area contributed by atoms with E-state index in [9.17, 15) is 13.6 Å². The molecule has 0 spiro atoms. The van der Waals surface area contributed by atoms with Crippen molar-refractivity contribution in [1.82, 2.24) is 9.78 Å². The second-order valence-corrected chi connectivity index (χ2v) is 8.78. The summed E-state index contributed by atoms with van der Waals surface area (Å²) >= 11 is 4.82. The molecule has 5 nitrogen and oxygen atoms in total. The molecule has 1 aliphatic heterocycles. The highest BCUT2D eigenvalue weighted by Gasteiger charge is 2.25. The van der Waals surface area contributed by atoms with E-state index in [0.29, 0.717) is 35.1 Å². The SMILES string of the molecule is NCC(CC(=O)c1cc2c(s1)OCCn1ncc(Br)c1-2)Cc1ccc(F)c(F)c1. The first-order chi connectivity index (χ1) is 14.0. The number of hydrogen-bond donors (Lipinski definition) is 1. The molecular formula is C20H18BrF2N3O2S. The lowest BCUT2D eigenvalue weighted by atomic mass is 9.93. The summed E-state index contributed by atoms with van der Waals surface area (Å²) in [5.41, 5.74) is 8.19. The van der Waals surface area contributed by atoms with Crippen LogP contribution in [0.4, 0.5) is 8.78 Å². The maximum absolute atomic E-state index is 13.5. The Morgan fingerprint density at radius 1 is 1.34 bits per heavy atom. The number of ketones is 1. The van der Waals surface area contributed by atoms with Crippen LogP contribution in [0.2, 0.25) is 0 Å². The number of nitrogens with zero attached hydrogens (tertiary/aromatic N) is 2. The minimum absolute atomic E-state index is 0.0492. The number of carbonyl (C=O) groups is 1. The third-order valence-electron chi connectivity index (χ3n) is 4.87. The Morgan fingerprint density at radius 2 is 2.17 bits per heavy atom. The third-order valence-corrected chi connectivity index (χ3v) is 6.54. The van der Waals surface area contributed by atoms with Gasteiger partial charge in [0.2, 0.25) is 0 Å². The van der Waals surface area contributed by atoms with Gasteiger partial charge in [-0.05, 0) is 58.6 Å². The van der Waals surface area contributed by atoms with Crippen molar-refractivity contribution in [2.24, 2.45) is 11.7 Å². The Labute approximate surface area is 178 Å². The van der Waals surface area contributed by atoms with Crippen LogP contribution in [-0.4, -0.2) is 28.7 Å². The topological polar surface area (TPSA) is 70.1 Å². The number of aromatic nitrogens is 2. The van der Waals surface area contributed by atoms with E-state index >= 15 is 0 Å². The Morgan fingerprint density at radius 3 is 2.93 bits per heavy atom. The summed E-state index contributed by atoms with van der Waals surface area (Å²) in [5, 5.41) is 5.02. The van der Waals surface area contributed by atoms with Crippen LogP contribution in [0.3, 0.4) is 0 Å². The van der Waals surface area contributed by atoms with E-state index in [2.05, 4.69) is 21.0 Å². The smallest absolute Gasteiger partial charge is 0.184 e. The van der Waals surface area contributed by atoms with Crippen LogP contribution in [0.25, 0.3) is 11.3 Å². The fourth-order valence-electron chi connectivity index (χ4n) is 3.41. The Balaban J connectivity index is 1.53. The summed E-state index contributed by atoms with van der Waals surface area (Å²) in [5.74, 6) is -2.01. The third kappa shape index (κ3) is 4.12. The zero-order valence-corrected chi connectivity index (χ0v) is 17.7. The van der Waals surface area contributed by atoms with E-state index in [-0.39, 0.29) is 24.7 Å². The number of halogens is 3. The fourth-order valence-corrected chi connectivity index (χ4v) is 4.90. The average Bonchev–Trinajstić information content (AvgIpc) is 3.23. The van der Waals surface area contributed by atoms with Crippen molar-refractivity contribution < 1.29 is 18.3 Å². The van der Waals surface area contributed by atoms with Crippen molar-refractivity contribution >= 4 is 33.0 Å². The van der Waals surface area contributed by atoms with Gasteiger partial charge in [0.25, 0.3) is 0 Å². The molecule has 29 heavy (non-hydrogen) atoms. The van der Waals surface area contributed by atoms with E-state index in [4.69, 9.17) is 10.5 Å². The summed E-state index contributed by atoms with van der Waals surface area (Å²) in [6.45, 7) is 1.38. The van der Waals surface area contributed by atoms with Gasteiger partial charge in [-0.1, -0.05) is 17.4 Å². The molecule has 3 aromatic rings. The van der Waals surface area contributed by atoms with Gasteiger partial charge >= 0.3 is 0 Å². The molecule has 3 heterocycles. The van der Waals surface area contributed by atoms with Crippen LogP contribution in [0, 0.1) is 17.6 Å². The summed E-state index contributed by atoms with van der Waals surface area (Å²) in [6.07, 6.45) is 2.35. The monoisotopic (exact) mass is 481 g/mol. The highest BCUT2D eigenvalue weighted by Crippen LogP contribution is 2.43. The van der Waals surface area contributed by atoms with E-state index in [1.807, 2.05) is 10.7 Å². The molecule has 0 radical (unpaired) electrons. The molecule has 0 aliphatic carbocycles. The van der Waals surface area contributed by atoms with Crippen molar-refractivity contribution in [2.45, 2.75) is 19.4 Å². The maximum Gasteiger partial charge on any atom is 0.184 e. The van der Waals surface area contributed by atoms with Crippen molar-refractivity contribution in [3.8, 4) is 16.3 Å². The molecule has 2 aromatic heterocycles. The molecule has 1 aromatic carbocycles. The fraction of sp³-hybridized carbons (Fsp3) is 0.300. The molecule has 1 unspecified atom stereocenters. The van der Waals surface area contributed by atoms with Crippen LogP contribution < -0.4 is 10.5 Å². The van der Waals surface area contributed by atoms with Crippen LogP contribution in [0.1, 0.15) is 21.7 Å². The lowest BCUT2D eigenvalue weighted by Crippen LogP contribution is -2.20. The Kier molecular flexibility index (Phi) is 5.80. The Bertz CT molecular complexity index is 1070. The summed E-state index contributed by atoms with van der Waals surface area (Å²) in [6, 6.07) is 5.60. The predicted octanol–water partition coefficient (Wildman–Crippen LogP) is 4.44. The summed E-state index contributed by atoms with van der Waals surface area (Å²) in [4.78, 5) is 13.5. The summed E-state index contributed by atoms with van der Waals surface area (Å²) < 4.78 is 35.1. The van der Waals surface area contributed by atoms with Crippen LogP contribution in [0.5, 0.6) is 5.06 Å². The minimum Gasteiger partial charge on any atom is -0.481 e. The number of benzene rings is 1. The number of thiophene rings is 1. The zero-order chi connectivity index (χ0) is 20.5. The number of fused-ring (bicyclic) bond motifs is 3. The van der Waals surface area contributed by atoms with Gasteiger partial charge in [0.15, 0.2) is 22.5 Å². The van der Waals surface area contributed by atoms with Gasteiger partial charge in [-0.2, -0.15) is 5.10 Å². The van der Waals surface area contributed by atoms with Gasteiger partial charge in [0, 0.05) is 6.42 Å². The number of ether oxygens (including phenoxy) is 1. The molecule has 0 bridgehead atoms. The average molecular weight is 482 g/mol. The minimum atomic E-state index is -0.897. The number of nitrogens with two attached hydrogens (primary N) is 1. The normalized spacial score (nSPS) is 13.9. The molecule has 4 rings (SSSR count). The van der Waals surface area contributed by atoms with Crippen molar-refractivity contribution in [3.63, 3.8) is 0 Å². The lowest BCUT2D eigenvalue weighted by Gasteiger charge is -2.13. The standard InChI is InChI=1S/C20H18BrF2N3O2S/c21-14-10-25-26-3-4-28-20-13(19(14)26)8-18(29-20)17(27)7-12(9-24)5-11-1-2-15(22)16(23)6-11/h1-2,6,8,10,12H,3-5,7,9,24H2. The van der Waals surface area contributed by atoms with Crippen molar-refractivity contribution in [3.05, 3.63) is 57.0 Å². The van der Waals surface area contributed by atoms with Crippen LogP contribution >= 0.6 is 27.3 Å². The van der Waals surface area contributed by atoms with E-state index < -0.39 is 11.6 Å². The molecule has 0 amide bonds. The second-order valence-electron chi connectivity index (χ2n) is 6.91. The molecule has 1 atom stereocenters. The largest absolute Gasteiger partial charge is 0.481 e. The van der Waals surface area contributed by atoms with E-state index in [1.165, 1.54) is 17.4 Å². The number of rotatable bonds is 6. The Hall–Kier alpha value is -2.10. The molecule has 0 saturated heterocycles. The molecular weight excluding hydrogens is 464 g/mol. The van der Waals surface area contributed by atoms with E-state index in [0.717, 1.165) is 27.9 Å². The van der Waals surface area contributed by atoms with Crippen LogP contribution in [0.15, 0.2) is 34.9 Å². The van der Waals surface area contributed by atoms with Gasteiger partial charge in [0.1, 0.15) is 6.61 Å². The van der Waals surface area contributed by atoms with Crippen LogP contribution in [-0.2, 0) is 13.0 Å². The van der Waals surface area contributed by atoms with Gasteiger partial charge in [0.05, 0.1) is 33.3 Å². The predicted molar refractivity (Wildman–Crippen MR) is 110 cm³/mol. The van der Waals surface area contributed by atoms with Crippen molar-refractivity contribution in [1.29, 1.82) is 0 Å². The number of Topliss-reactive ketones (excluding diaryl/α,β-unsaturated/α-hetero) is 1. The van der Waals surface area contributed by atoms with Gasteiger partial charge in [-0.25, -0.2) is 8.78 Å². The number of hydrogen-bond acceptors (Lipinski definition) is 5. The van der Waals surface area contributed by atoms with E-state index in [1.54, 1.807) is 6.20 Å². The highest BCUT2D eigenvalue weighted by molar-refractivity contribution is 9.10. The maximum atomic E-state index is 13.5. The first kappa shape index (κ1) is 20.2. The molecule has 2 N–H and O–H groups in total. The highest BCUT2D eigenvalue weighted by atomic mass is 79.9. The molecule has 1 aliphatic rings. The molecule has 9 heteroatoms. The quantitative estimate of drug-likeness (QED) is 0.528. The number of carbonyl (C=O) groups excluding carboxylic acids is 1. The molecule has 152 valence electrons. The first-order valence-corrected chi connectivity index (χ1v) is 10.7. The summed E-state index contributed by atoms with van der Waals surface area (Å²) in [7, 11) is 0. The van der Waals surface area contributed by atoms with Gasteiger partial charge in [-0.15, -0.1) is 0 Å². The zero-order valence-electron chi connectivity index (χ0n) is 15.3. The van der Waals surface area contributed by atoms with Gasteiger partial charge < -0.3 is 10.5 Å². The van der Waals surface area contributed by atoms with Gasteiger partial charge in [-0.3, -0.25) is 9.48 Å². The van der Waals surface area contributed by atoms with Crippen molar-refractivity contribution in [2.75, 3.05) is 13.2 Å².